The molecule has 0 aliphatic rings. The monoisotopic (exact) mass is 448 g/mol. The van der Waals surface area contributed by atoms with E-state index in [4.69, 9.17) is 18.7 Å². The predicted octanol–water partition coefficient (Wildman–Crippen LogP) is 5.24. The van der Waals surface area contributed by atoms with Gasteiger partial charge in [-0.2, -0.15) is 4.98 Å². The zero-order chi connectivity index (χ0) is 22.3. The van der Waals surface area contributed by atoms with Crippen LogP contribution in [-0.4, -0.2) is 30.3 Å². The van der Waals surface area contributed by atoms with Gasteiger partial charge in [-0.15, -0.1) is 11.3 Å². The maximum atomic E-state index is 12.1. The molecule has 0 aliphatic carbocycles. The second kappa shape index (κ2) is 9.93. The quantitative estimate of drug-likeness (QED) is 0.269. The van der Waals surface area contributed by atoms with Crippen LogP contribution in [0.1, 0.15) is 10.8 Å². The van der Waals surface area contributed by atoms with E-state index in [0.717, 1.165) is 15.3 Å². The van der Waals surface area contributed by atoms with Crippen LogP contribution in [0, 0.1) is 0 Å². The van der Waals surface area contributed by atoms with Gasteiger partial charge in [-0.25, -0.2) is 4.79 Å². The number of hydrogen-bond acceptors (Lipinski definition) is 8. The third-order valence-corrected chi connectivity index (χ3v) is 5.62. The number of carbonyl (C=O) groups excluding carboxylic acids is 1. The van der Waals surface area contributed by atoms with Crippen molar-refractivity contribution < 1.29 is 23.5 Å². The summed E-state index contributed by atoms with van der Waals surface area (Å²) < 4.78 is 21.0. The Hall–Kier alpha value is -3.91. The third-order valence-electron chi connectivity index (χ3n) is 4.52. The van der Waals surface area contributed by atoms with Gasteiger partial charge in [-0.05, 0) is 35.9 Å². The topological polar surface area (TPSA) is 83.7 Å². The summed E-state index contributed by atoms with van der Waals surface area (Å²) in [5.41, 5.74) is 1.78. The Morgan fingerprint density at radius 3 is 2.69 bits per heavy atom. The molecule has 0 bridgehead atoms. The van der Waals surface area contributed by atoms with Crippen LogP contribution in [0.4, 0.5) is 0 Å². The Balaban J connectivity index is 1.35. The van der Waals surface area contributed by atoms with Gasteiger partial charge in [0.15, 0.2) is 6.61 Å². The summed E-state index contributed by atoms with van der Waals surface area (Å²) in [5, 5.41) is 3.94. The number of aromatic nitrogens is 2. The molecule has 0 unspecified atom stereocenters. The highest BCUT2D eigenvalue weighted by molar-refractivity contribution is 7.16. The molecule has 0 fully saturated rings. The predicted molar refractivity (Wildman–Crippen MR) is 121 cm³/mol. The van der Waals surface area contributed by atoms with E-state index in [-0.39, 0.29) is 12.5 Å². The molecule has 4 rings (SSSR count). The maximum absolute atomic E-state index is 12.1. The molecule has 0 saturated carbocycles. The van der Waals surface area contributed by atoms with Gasteiger partial charge in [-0.1, -0.05) is 35.5 Å². The van der Waals surface area contributed by atoms with Crippen LogP contribution >= 0.6 is 11.3 Å². The van der Waals surface area contributed by atoms with Crippen LogP contribution in [0.25, 0.3) is 27.9 Å². The maximum Gasteiger partial charge on any atom is 0.331 e. The first-order valence-corrected chi connectivity index (χ1v) is 10.5. The molecule has 32 heavy (non-hydrogen) atoms. The van der Waals surface area contributed by atoms with Gasteiger partial charge in [0.05, 0.1) is 19.8 Å². The minimum Gasteiger partial charge on any atom is -0.497 e. The molecule has 0 aliphatic heterocycles. The summed E-state index contributed by atoms with van der Waals surface area (Å²) in [5.74, 6) is 1.21. The first kappa shape index (κ1) is 21.3. The summed E-state index contributed by atoms with van der Waals surface area (Å²) >= 11 is 1.59. The van der Waals surface area contributed by atoms with E-state index in [0.29, 0.717) is 22.9 Å². The molecule has 0 radical (unpaired) electrons. The largest absolute Gasteiger partial charge is 0.497 e. The van der Waals surface area contributed by atoms with Crippen LogP contribution < -0.4 is 9.47 Å². The SMILES string of the molecule is COc1ccc(-c2noc(COC(=O)/C=C/c3ccc(-c4ccccc4)s3)n2)c(OC)c1. The van der Waals surface area contributed by atoms with Crippen LogP contribution in [0.2, 0.25) is 0 Å². The molecule has 4 aromatic rings. The average Bonchev–Trinajstić information content (AvgIpc) is 3.51. The van der Waals surface area contributed by atoms with Gasteiger partial charge in [-0.3, -0.25) is 0 Å². The van der Waals surface area contributed by atoms with Gasteiger partial charge in [0.2, 0.25) is 5.82 Å². The number of nitrogens with zero attached hydrogens (tertiary/aromatic N) is 2. The Bertz CT molecular complexity index is 1230. The number of esters is 1. The summed E-state index contributed by atoms with van der Waals surface area (Å²) in [7, 11) is 3.12. The fraction of sp³-hybridized carbons (Fsp3) is 0.125. The molecule has 2 aromatic heterocycles. The van der Waals surface area contributed by atoms with Crippen molar-refractivity contribution >= 4 is 23.4 Å². The number of hydrogen-bond donors (Lipinski definition) is 0. The highest BCUT2D eigenvalue weighted by Gasteiger charge is 2.15. The molecule has 0 amide bonds. The fourth-order valence-electron chi connectivity index (χ4n) is 2.94. The number of ether oxygens (including phenoxy) is 3. The smallest absolute Gasteiger partial charge is 0.331 e. The molecular formula is C24H20N2O5S. The van der Waals surface area contributed by atoms with Crippen molar-refractivity contribution in [3.05, 3.63) is 77.5 Å². The van der Waals surface area contributed by atoms with E-state index in [2.05, 4.69) is 10.1 Å². The van der Waals surface area contributed by atoms with Gasteiger partial charge >= 0.3 is 5.97 Å². The lowest BCUT2D eigenvalue weighted by atomic mass is 10.2. The summed E-state index contributed by atoms with van der Waals surface area (Å²) in [4.78, 5) is 18.4. The molecule has 7 nitrogen and oxygen atoms in total. The molecule has 8 heteroatoms. The minimum absolute atomic E-state index is 0.131. The second-order valence-electron chi connectivity index (χ2n) is 6.59. The van der Waals surface area contributed by atoms with Crippen molar-refractivity contribution in [2.45, 2.75) is 6.61 Å². The van der Waals surface area contributed by atoms with E-state index in [1.165, 1.54) is 6.08 Å². The van der Waals surface area contributed by atoms with Crippen molar-refractivity contribution in [1.29, 1.82) is 0 Å². The van der Waals surface area contributed by atoms with Gasteiger partial charge < -0.3 is 18.7 Å². The van der Waals surface area contributed by atoms with Crippen molar-refractivity contribution in [2.24, 2.45) is 0 Å². The molecule has 0 spiro atoms. The Labute approximate surface area is 188 Å². The van der Waals surface area contributed by atoms with E-state index in [9.17, 15) is 4.79 Å². The highest BCUT2D eigenvalue weighted by atomic mass is 32.1. The third kappa shape index (κ3) is 5.04. The molecule has 0 saturated heterocycles. The lowest BCUT2D eigenvalue weighted by Gasteiger charge is -2.07. The summed E-state index contributed by atoms with van der Waals surface area (Å²) in [6.07, 6.45) is 3.10. The molecule has 2 aromatic carbocycles. The number of methoxy groups -OCH3 is 2. The molecule has 162 valence electrons. The Morgan fingerprint density at radius 2 is 1.91 bits per heavy atom. The minimum atomic E-state index is -0.499. The standard InChI is InChI=1S/C24H20N2O5S/c1-28-17-8-11-19(20(14-17)29-2)24-25-22(31-26-24)15-30-23(27)13-10-18-9-12-21(32-18)16-6-4-3-5-7-16/h3-14H,15H2,1-2H3/b13-10+. The zero-order valence-corrected chi connectivity index (χ0v) is 18.3. The van der Waals surface area contributed by atoms with E-state index in [1.807, 2.05) is 42.5 Å². The lowest BCUT2D eigenvalue weighted by Crippen LogP contribution is -2.00. The lowest BCUT2D eigenvalue weighted by molar-refractivity contribution is -0.139. The molecule has 0 N–H and O–H groups in total. The number of thiophene rings is 1. The number of benzene rings is 2. The average molecular weight is 449 g/mol. The van der Waals surface area contributed by atoms with Crippen molar-refractivity contribution in [2.75, 3.05) is 14.2 Å². The summed E-state index contributed by atoms with van der Waals surface area (Å²) in [6, 6.07) is 19.3. The Morgan fingerprint density at radius 1 is 1.06 bits per heavy atom. The molecular weight excluding hydrogens is 428 g/mol. The highest BCUT2D eigenvalue weighted by Crippen LogP contribution is 2.31. The van der Waals surface area contributed by atoms with Crippen LogP contribution in [-0.2, 0) is 16.1 Å². The van der Waals surface area contributed by atoms with Gasteiger partial charge in [0.1, 0.15) is 11.5 Å². The van der Waals surface area contributed by atoms with Crippen LogP contribution in [0.15, 0.2) is 71.3 Å². The first-order valence-electron chi connectivity index (χ1n) is 9.71. The van der Waals surface area contributed by atoms with Gasteiger partial charge in [0.25, 0.3) is 5.89 Å². The number of rotatable bonds is 8. The van der Waals surface area contributed by atoms with Crippen LogP contribution in [0.5, 0.6) is 11.5 Å². The van der Waals surface area contributed by atoms with Crippen LogP contribution in [0.3, 0.4) is 0 Å². The van der Waals surface area contributed by atoms with E-state index in [1.54, 1.807) is 49.8 Å². The van der Waals surface area contributed by atoms with Crippen molar-refractivity contribution in [1.82, 2.24) is 10.1 Å². The second-order valence-corrected chi connectivity index (χ2v) is 7.70. The van der Waals surface area contributed by atoms with E-state index < -0.39 is 5.97 Å². The van der Waals surface area contributed by atoms with Crippen molar-refractivity contribution in [3.8, 4) is 33.3 Å². The normalized spacial score (nSPS) is 10.9. The summed E-state index contributed by atoms with van der Waals surface area (Å²) in [6.45, 7) is -0.131. The number of carbonyl (C=O) groups is 1. The fourth-order valence-corrected chi connectivity index (χ4v) is 3.85. The van der Waals surface area contributed by atoms with E-state index >= 15 is 0 Å². The first-order chi connectivity index (χ1) is 15.7. The zero-order valence-electron chi connectivity index (χ0n) is 17.5. The Kier molecular flexibility index (Phi) is 6.62. The molecule has 2 heterocycles. The van der Waals surface area contributed by atoms with Crippen molar-refractivity contribution in [3.63, 3.8) is 0 Å². The van der Waals surface area contributed by atoms with Gasteiger partial charge in [0, 0.05) is 21.9 Å². The molecule has 0 atom stereocenters.